The molecule has 0 radical (unpaired) electrons. The fourth-order valence-corrected chi connectivity index (χ4v) is 8.10. The number of hydrogen-bond acceptors (Lipinski definition) is 0. The van der Waals surface area contributed by atoms with Crippen molar-refractivity contribution in [1.82, 2.24) is 0 Å². The third-order valence-electron chi connectivity index (χ3n) is 3.39. The molecule has 0 spiro atoms. The van der Waals surface area contributed by atoms with Gasteiger partial charge in [0.15, 0.2) is 0 Å². The molecule has 0 heterocycles. The van der Waals surface area contributed by atoms with Crippen LogP contribution in [0.25, 0.3) is 0 Å². The average Bonchev–Trinajstić information content (AvgIpc) is 2.32. The third kappa shape index (κ3) is 4.04. The Bertz CT molecular complexity index is 523. The Morgan fingerprint density at radius 1 is 0.429 bits per heavy atom. The summed E-state index contributed by atoms with van der Waals surface area (Å²) in [6.07, 6.45) is -22.7. The topological polar surface area (TPSA) is 0 Å². The second-order valence-electron chi connectivity index (χ2n) is 6.72. The lowest BCUT2D eigenvalue weighted by Crippen LogP contribution is -2.83. The zero-order valence-electron chi connectivity index (χ0n) is 13.8. The second-order valence-corrected chi connectivity index (χ2v) is 15.6. The molecule has 0 nitrogen and oxygen atoms in total. The first-order valence-corrected chi connectivity index (χ1v) is 12.4. The van der Waals surface area contributed by atoms with Gasteiger partial charge in [0.2, 0.25) is 0 Å². The summed E-state index contributed by atoms with van der Waals surface area (Å²) in [6.45, 7) is 2.73. The van der Waals surface area contributed by atoms with E-state index in [1.807, 2.05) is 0 Å². The second kappa shape index (κ2) is 6.83. The summed E-state index contributed by atoms with van der Waals surface area (Å²) >= 11 is 0. The van der Waals surface area contributed by atoms with Gasteiger partial charge in [0.05, 0.1) is 8.07 Å². The number of hydrogen-bond donors (Lipinski definition) is 0. The van der Waals surface area contributed by atoms with E-state index >= 15 is 0 Å². The van der Waals surface area contributed by atoms with Gasteiger partial charge in [-0.2, -0.15) is 39.5 Å². The van der Waals surface area contributed by atoms with Crippen LogP contribution < -0.4 is 0 Å². The summed E-state index contributed by atoms with van der Waals surface area (Å²) in [5, 5.41) is 0. The Morgan fingerprint density at radius 3 is 0.786 bits per heavy atom. The molecule has 0 N–H and O–H groups in total. The number of alkyl halides is 15. The highest BCUT2D eigenvalue weighted by molar-refractivity contribution is 6.93. The maximum absolute atomic E-state index is 13.8. The minimum absolute atomic E-state index is 0.238. The molecule has 0 bridgehead atoms. The first-order chi connectivity index (χ1) is 11.7. The van der Waals surface area contributed by atoms with E-state index in [1.54, 1.807) is 0 Å². The monoisotopic (exact) mass is 484 g/mol. The van der Waals surface area contributed by atoms with Gasteiger partial charge in [0.1, 0.15) is 0 Å². The average molecular weight is 484 g/mol. The van der Waals surface area contributed by atoms with Crippen LogP contribution in [0.5, 0.6) is 0 Å². The SMILES string of the molecule is C[Si](C)(C)/C=C/[Si](C(F)(F)C(F)(F)F)(C(F)(F)C(F)(F)F)C(F)(F)C(F)(F)F. The largest absolute Gasteiger partial charge is 0.449 e. The van der Waals surface area contributed by atoms with Crippen molar-refractivity contribution in [3.63, 3.8) is 0 Å². The van der Waals surface area contributed by atoms with Gasteiger partial charge >= 0.3 is 43.2 Å². The minimum atomic E-state index is -9.52. The van der Waals surface area contributed by atoms with E-state index in [-0.39, 0.29) is 5.70 Å². The summed E-state index contributed by atoms with van der Waals surface area (Å²) in [6, 6.07) is 0. The molecule has 0 saturated heterocycles. The molecular weight excluding hydrogens is 473 g/mol. The third-order valence-corrected chi connectivity index (χ3v) is 9.38. The van der Waals surface area contributed by atoms with Gasteiger partial charge in [-0.05, 0) is 0 Å². The van der Waals surface area contributed by atoms with Crippen LogP contribution in [0.15, 0.2) is 11.4 Å². The van der Waals surface area contributed by atoms with Crippen LogP contribution in [0.2, 0.25) is 19.6 Å². The Morgan fingerprint density at radius 2 is 0.643 bits per heavy atom. The molecule has 0 fully saturated rings. The van der Waals surface area contributed by atoms with Gasteiger partial charge in [0.25, 0.3) is 0 Å². The van der Waals surface area contributed by atoms with Crippen molar-refractivity contribution in [3.8, 4) is 0 Å². The van der Waals surface area contributed by atoms with Gasteiger partial charge < -0.3 is 0 Å². The molecule has 0 aliphatic heterocycles. The first kappa shape index (κ1) is 27.1. The minimum Gasteiger partial charge on any atom is -0.201 e. The van der Waals surface area contributed by atoms with Crippen molar-refractivity contribution in [1.29, 1.82) is 0 Å². The lowest BCUT2D eigenvalue weighted by molar-refractivity contribution is -0.302. The standard InChI is InChI=1S/C11H11F15Si2/c1-27(2,3)4-5-28(9(21,22)6(12,13)14,10(23,24)7(15,16)17)11(25,26)8(18,19)20/h4-5H,1-3H3/b5-4+. The molecule has 0 aliphatic carbocycles. The first-order valence-electron chi connectivity index (χ1n) is 6.75. The molecule has 28 heavy (non-hydrogen) atoms. The van der Waals surface area contributed by atoms with Crippen LogP contribution in [0, 0.1) is 0 Å². The summed E-state index contributed by atoms with van der Waals surface area (Å²) < 4.78 is 197. The fraction of sp³-hybridized carbons (Fsp3) is 0.818. The smallest absolute Gasteiger partial charge is 0.201 e. The lowest BCUT2D eigenvalue weighted by atomic mass is 10.6. The number of rotatable bonds is 5. The molecular formula is C11H11F15Si2. The van der Waals surface area contributed by atoms with Crippen LogP contribution in [0.1, 0.15) is 0 Å². The Balaban J connectivity index is 7.76. The maximum atomic E-state index is 13.8. The molecule has 17 heteroatoms. The van der Waals surface area contributed by atoms with E-state index in [9.17, 15) is 65.9 Å². The zero-order chi connectivity index (χ0) is 23.4. The molecule has 0 aromatic carbocycles. The van der Waals surface area contributed by atoms with E-state index < -0.39 is 57.0 Å². The van der Waals surface area contributed by atoms with Crippen LogP contribution in [-0.2, 0) is 0 Å². The quantitative estimate of drug-likeness (QED) is 0.304. The highest BCUT2D eigenvalue weighted by Crippen LogP contribution is 2.62. The predicted octanol–water partition coefficient (Wildman–Crippen LogP) is 6.62. The van der Waals surface area contributed by atoms with Crippen molar-refractivity contribution in [3.05, 3.63) is 11.4 Å². The molecule has 0 rings (SSSR count). The van der Waals surface area contributed by atoms with E-state index in [0.29, 0.717) is 0 Å². The number of halogens is 15. The van der Waals surface area contributed by atoms with E-state index in [0.717, 1.165) is 19.6 Å². The molecule has 0 saturated carbocycles. The van der Waals surface area contributed by atoms with Gasteiger partial charge in [0, 0.05) is 0 Å². The normalized spacial score (nSPS) is 16.8. The highest BCUT2D eigenvalue weighted by Gasteiger charge is 2.97. The van der Waals surface area contributed by atoms with Crippen molar-refractivity contribution >= 4 is 16.1 Å². The zero-order valence-corrected chi connectivity index (χ0v) is 15.8. The fourth-order valence-electron chi connectivity index (χ4n) is 1.95. The Hall–Kier alpha value is -0.876. The Kier molecular flexibility index (Phi) is 6.62. The van der Waals surface area contributed by atoms with Crippen LogP contribution in [0.3, 0.4) is 0 Å². The summed E-state index contributed by atoms with van der Waals surface area (Å²) in [5.74, 6) is 0. The summed E-state index contributed by atoms with van der Waals surface area (Å²) in [4.78, 5) is 0. The highest BCUT2D eigenvalue weighted by atomic mass is 28.3. The van der Waals surface area contributed by atoms with Gasteiger partial charge in [-0.25, -0.2) is 26.3 Å². The molecule has 0 aromatic heterocycles. The molecule has 0 atom stereocenters. The molecule has 0 unspecified atom stereocenters. The van der Waals surface area contributed by atoms with Crippen molar-refractivity contribution in [2.45, 2.75) is 54.8 Å². The molecule has 0 amide bonds. The van der Waals surface area contributed by atoms with Crippen LogP contribution >= 0.6 is 0 Å². The van der Waals surface area contributed by atoms with Crippen molar-refractivity contribution < 1.29 is 65.9 Å². The van der Waals surface area contributed by atoms with E-state index in [2.05, 4.69) is 0 Å². The lowest BCUT2D eigenvalue weighted by Gasteiger charge is -2.46. The van der Waals surface area contributed by atoms with E-state index in [1.165, 1.54) is 0 Å². The molecule has 0 aliphatic rings. The Labute approximate surface area is 149 Å². The maximum Gasteiger partial charge on any atom is 0.449 e. The van der Waals surface area contributed by atoms with Crippen molar-refractivity contribution in [2.75, 3.05) is 0 Å². The van der Waals surface area contributed by atoms with Gasteiger partial charge in [-0.15, -0.1) is 5.70 Å². The van der Waals surface area contributed by atoms with Gasteiger partial charge in [-0.1, -0.05) is 25.3 Å². The van der Waals surface area contributed by atoms with Gasteiger partial charge in [-0.3, -0.25) is 0 Å². The predicted molar refractivity (Wildman–Crippen MR) is 71.2 cm³/mol. The van der Waals surface area contributed by atoms with E-state index in [4.69, 9.17) is 0 Å². The molecule has 168 valence electrons. The van der Waals surface area contributed by atoms with Crippen LogP contribution in [-0.4, -0.2) is 51.3 Å². The van der Waals surface area contributed by atoms with Crippen LogP contribution in [0.4, 0.5) is 65.9 Å². The summed E-state index contributed by atoms with van der Waals surface area (Å²) in [7, 11) is -12.9. The molecule has 0 aromatic rings. The summed E-state index contributed by atoms with van der Waals surface area (Å²) in [5.41, 5.74) is -24.9. The van der Waals surface area contributed by atoms with Crippen molar-refractivity contribution in [2.24, 2.45) is 0 Å².